The Morgan fingerprint density at radius 1 is 1.63 bits per heavy atom. The Morgan fingerprint density at radius 3 is 2.95 bits per heavy atom. The first-order chi connectivity index (χ1) is 8.94. The number of nitrogens with zero attached hydrogens (tertiary/aromatic N) is 1. The number of rotatable bonds is 4. The summed E-state index contributed by atoms with van der Waals surface area (Å²) in [5.41, 5.74) is 5.81. The molecule has 6 heteroatoms. The number of hydrogen-bond donors (Lipinski definition) is 2. The van der Waals surface area contributed by atoms with Gasteiger partial charge in [-0.15, -0.1) is 0 Å². The van der Waals surface area contributed by atoms with Gasteiger partial charge < -0.3 is 15.6 Å². The highest BCUT2D eigenvalue weighted by molar-refractivity contribution is 9.10. The summed E-state index contributed by atoms with van der Waals surface area (Å²) in [7, 11) is 1.62. The summed E-state index contributed by atoms with van der Waals surface area (Å²) in [5, 5.41) is 9.11. The van der Waals surface area contributed by atoms with E-state index < -0.39 is 11.5 Å². The third-order valence-corrected chi connectivity index (χ3v) is 4.23. The first-order valence-corrected chi connectivity index (χ1v) is 6.81. The number of nitrogens with two attached hydrogens (primary N) is 1. The molecule has 1 aliphatic rings. The normalized spacial score (nSPS) is 23.5. The summed E-state index contributed by atoms with van der Waals surface area (Å²) in [6, 6.07) is 5.75. The Kier molecular flexibility index (Phi) is 4.13. The quantitative estimate of drug-likeness (QED) is 0.874. The van der Waals surface area contributed by atoms with Crippen LogP contribution in [-0.4, -0.2) is 41.7 Å². The lowest BCUT2D eigenvalue weighted by molar-refractivity contribution is -0.142. The number of likely N-dealkylation sites (tertiary alicyclic amines) is 1. The van der Waals surface area contributed by atoms with E-state index in [1.807, 2.05) is 23.1 Å². The predicted molar refractivity (Wildman–Crippen MR) is 75.1 cm³/mol. The van der Waals surface area contributed by atoms with Crippen LogP contribution >= 0.6 is 15.9 Å². The van der Waals surface area contributed by atoms with E-state index in [1.54, 1.807) is 7.11 Å². The molecule has 0 aliphatic carbocycles. The molecule has 0 bridgehead atoms. The van der Waals surface area contributed by atoms with Crippen molar-refractivity contribution < 1.29 is 14.6 Å². The van der Waals surface area contributed by atoms with Gasteiger partial charge >= 0.3 is 5.97 Å². The molecule has 2 rings (SSSR count). The smallest absolute Gasteiger partial charge is 0.325 e. The first-order valence-electron chi connectivity index (χ1n) is 6.02. The highest BCUT2D eigenvalue weighted by Gasteiger charge is 2.41. The van der Waals surface area contributed by atoms with Crippen molar-refractivity contribution in [1.29, 1.82) is 0 Å². The van der Waals surface area contributed by atoms with Crippen molar-refractivity contribution >= 4 is 21.9 Å². The fourth-order valence-electron chi connectivity index (χ4n) is 2.26. The van der Waals surface area contributed by atoms with Gasteiger partial charge in [0.25, 0.3) is 0 Å². The highest BCUT2D eigenvalue weighted by Crippen LogP contribution is 2.27. The lowest BCUT2D eigenvalue weighted by Crippen LogP contribution is -2.50. The number of carbonyl (C=O) groups is 1. The van der Waals surface area contributed by atoms with Gasteiger partial charge in [0.1, 0.15) is 11.3 Å². The lowest BCUT2D eigenvalue weighted by Gasteiger charge is -2.20. The molecule has 5 nitrogen and oxygen atoms in total. The zero-order valence-electron chi connectivity index (χ0n) is 10.7. The molecule has 1 aromatic carbocycles. The van der Waals surface area contributed by atoms with Crippen LogP contribution < -0.4 is 10.5 Å². The van der Waals surface area contributed by atoms with Crippen LogP contribution in [-0.2, 0) is 11.3 Å². The molecule has 1 heterocycles. The highest BCUT2D eigenvalue weighted by atomic mass is 79.9. The van der Waals surface area contributed by atoms with Gasteiger partial charge in [0, 0.05) is 24.1 Å². The molecule has 0 amide bonds. The third-order valence-electron chi connectivity index (χ3n) is 3.45. The molecule has 1 aliphatic heterocycles. The van der Waals surface area contributed by atoms with Crippen molar-refractivity contribution in [3.8, 4) is 5.75 Å². The van der Waals surface area contributed by atoms with E-state index in [4.69, 9.17) is 15.6 Å². The van der Waals surface area contributed by atoms with Gasteiger partial charge in [0.2, 0.25) is 0 Å². The number of hydrogen-bond acceptors (Lipinski definition) is 4. The van der Waals surface area contributed by atoms with Crippen molar-refractivity contribution in [2.24, 2.45) is 5.73 Å². The first kappa shape index (κ1) is 14.3. The molecular formula is C13H17BrN2O3. The van der Waals surface area contributed by atoms with Gasteiger partial charge in [-0.25, -0.2) is 0 Å². The maximum atomic E-state index is 11.1. The number of aliphatic carboxylic acids is 1. The van der Waals surface area contributed by atoms with Gasteiger partial charge in [0.05, 0.1) is 7.11 Å². The van der Waals surface area contributed by atoms with Crippen molar-refractivity contribution in [3.05, 3.63) is 28.2 Å². The zero-order valence-corrected chi connectivity index (χ0v) is 12.3. The van der Waals surface area contributed by atoms with E-state index in [2.05, 4.69) is 15.9 Å². The summed E-state index contributed by atoms with van der Waals surface area (Å²) < 4.78 is 6.18. The van der Waals surface area contributed by atoms with Gasteiger partial charge in [-0.3, -0.25) is 9.69 Å². The minimum Gasteiger partial charge on any atom is -0.497 e. The van der Waals surface area contributed by atoms with Crippen LogP contribution in [0.4, 0.5) is 0 Å². The molecule has 1 fully saturated rings. The molecule has 1 aromatic rings. The number of carboxylic acids is 1. The van der Waals surface area contributed by atoms with Crippen LogP contribution in [0.25, 0.3) is 0 Å². The maximum Gasteiger partial charge on any atom is 0.325 e. The van der Waals surface area contributed by atoms with Crippen LogP contribution in [0, 0.1) is 0 Å². The van der Waals surface area contributed by atoms with E-state index in [0.29, 0.717) is 26.1 Å². The second kappa shape index (κ2) is 5.48. The summed E-state index contributed by atoms with van der Waals surface area (Å²) >= 11 is 3.49. The van der Waals surface area contributed by atoms with E-state index in [-0.39, 0.29) is 0 Å². The largest absolute Gasteiger partial charge is 0.497 e. The van der Waals surface area contributed by atoms with Crippen molar-refractivity contribution in [1.82, 2.24) is 4.90 Å². The Bertz CT molecular complexity index is 495. The van der Waals surface area contributed by atoms with E-state index in [9.17, 15) is 4.79 Å². The molecule has 19 heavy (non-hydrogen) atoms. The molecule has 0 aromatic heterocycles. The average Bonchev–Trinajstić information content (AvgIpc) is 2.75. The number of halogens is 1. The Labute approximate surface area is 120 Å². The summed E-state index contributed by atoms with van der Waals surface area (Å²) in [4.78, 5) is 13.2. The zero-order chi connectivity index (χ0) is 14.0. The van der Waals surface area contributed by atoms with E-state index in [1.165, 1.54) is 0 Å². The molecule has 3 N–H and O–H groups in total. The number of carboxylic acid groups (broad SMARTS) is 1. The third kappa shape index (κ3) is 3.08. The second-order valence-electron chi connectivity index (χ2n) is 4.88. The van der Waals surface area contributed by atoms with Crippen LogP contribution in [0.1, 0.15) is 12.0 Å². The molecule has 1 saturated heterocycles. The maximum absolute atomic E-state index is 11.1. The summed E-state index contributed by atoms with van der Waals surface area (Å²) in [6.45, 7) is 1.71. The molecule has 0 saturated carbocycles. The molecule has 104 valence electrons. The minimum atomic E-state index is -1.12. The van der Waals surface area contributed by atoms with Gasteiger partial charge in [-0.1, -0.05) is 15.9 Å². The van der Waals surface area contributed by atoms with Crippen molar-refractivity contribution in [2.45, 2.75) is 18.5 Å². The van der Waals surface area contributed by atoms with Gasteiger partial charge in [-0.05, 0) is 30.2 Å². The fourth-order valence-corrected chi connectivity index (χ4v) is 2.64. The monoisotopic (exact) mass is 328 g/mol. The Balaban J connectivity index is 2.09. The second-order valence-corrected chi connectivity index (χ2v) is 5.73. The standard InChI is InChI=1S/C13H17BrN2O3/c1-19-10-2-3-11(14)9(6-10)7-16-5-4-13(15,8-16)12(17)18/h2-3,6H,4-5,7-8,15H2,1H3,(H,17,18). The van der Waals surface area contributed by atoms with Crippen LogP contribution in [0.5, 0.6) is 5.75 Å². The molecular weight excluding hydrogens is 312 g/mol. The van der Waals surface area contributed by atoms with Gasteiger partial charge in [-0.2, -0.15) is 0 Å². The SMILES string of the molecule is COc1ccc(Br)c(CN2CCC(N)(C(=O)O)C2)c1. The molecule has 0 spiro atoms. The minimum absolute atomic E-state index is 0.367. The predicted octanol–water partition coefficient (Wildman–Crippen LogP) is 1.45. The summed E-state index contributed by atoms with van der Waals surface area (Å²) in [5.74, 6) is -0.144. The number of benzene rings is 1. The fraction of sp³-hybridized carbons (Fsp3) is 0.462. The molecule has 0 radical (unpaired) electrons. The van der Waals surface area contributed by atoms with Crippen molar-refractivity contribution in [3.63, 3.8) is 0 Å². The van der Waals surface area contributed by atoms with Crippen LogP contribution in [0.2, 0.25) is 0 Å². The van der Waals surface area contributed by atoms with E-state index >= 15 is 0 Å². The number of methoxy groups -OCH3 is 1. The van der Waals surface area contributed by atoms with Gasteiger partial charge in [0.15, 0.2) is 0 Å². The number of ether oxygens (including phenoxy) is 1. The van der Waals surface area contributed by atoms with Crippen molar-refractivity contribution in [2.75, 3.05) is 20.2 Å². The van der Waals surface area contributed by atoms with E-state index in [0.717, 1.165) is 15.8 Å². The Hall–Kier alpha value is -1.11. The average molecular weight is 329 g/mol. The lowest BCUT2D eigenvalue weighted by atomic mass is 10.0. The molecule has 1 atom stereocenters. The van der Waals surface area contributed by atoms with Crippen LogP contribution in [0.15, 0.2) is 22.7 Å². The molecule has 1 unspecified atom stereocenters. The topological polar surface area (TPSA) is 75.8 Å². The summed E-state index contributed by atoms with van der Waals surface area (Å²) in [6.07, 6.45) is 0.476. The Morgan fingerprint density at radius 2 is 2.37 bits per heavy atom. The van der Waals surface area contributed by atoms with Crippen LogP contribution in [0.3, 0.4) is 0 Å².